The second kappa shape index (κ2) is 9.31. The lowest BCUT2D eigenvalue weighted by molar-refractivity contribution is 0.0724. The molecular formula is C25H23BrFN5O. The normalized spacial score (nSPS) is 13.9. The third kappa shape index (κ3) is 4.48. The Kier molecular flexibility index (Phi) is 6.09. The summed E-state index contributed by atoms with van der Waals surface area (Å²) >= 11 is 3.47. The Morgan fingerprint density at radius 1 is 1.06 bits per heavy atom. The van der Waals surface area contributed by atoms with E-state index in [1.165, 1.54) is 12.5 Å². The van der Waals surface area contributed by atoms with E-state index < -0.39 is 0 Å². The molecule has 2 aromatic heterocycles. The third-order valence-corrected chi connectivity index (χ3v) is 6.46. The monoisotopic (exact) mass is 507 g/mol. The molecule has 1 aliphatic heterocycles. The number of amides is 1. The van der Waals surface area contributed by atoms with E-state index in [0.29, 0.717) is 34.8 Å². The Morgan fingerprint density at radius 2 is 1.82 bits per heavy atom. The zero-order chi connectivity index (χ0) is 22.8. The number of carbonyl (C=O) groups excluding carboxylic acids is 1. The van der Waals surface area contributed by atoms with Crippen LogP contribution < -0.4 is 5.32 Å². The second-order valence-corrected chi connectivity index (χ2v) is 8.99. The number of nitrogens with zero attached hydrogens (tertiary/aromatic N) is 4. The van der Waals surface area contributed by atoms with Crippen LogP contribution in [-0.2, 0) is 6.54 Å². The fraction of sp³-hybridized carbons (Fsp3) is 0.240. The molecule has 0 saturated carbocycles. The quantitative estimate of drug-likeness (QED) is 0.385. The lowest BCUT2D eigenvalue weighted by atomic mass is 10.1. The molecule has 1 saturated heterocycles. The van der Waals surface area contributed by atoms with Gasteiger partial charge >= 0.3 is 0 Å². The van der Waals surface area contributed by atoms with E-state index >= 15 is 0 Å². The molecular weight excluding hydrogens is 485 g/mol. The molecule has 4 aromatic rings. The number of halogens is 2. The number of likely N-dealkylation sites (tertiary alicyclic amines) is 1. The number of nitrogens with one attached hydrogen (secondary N) is 1. The SMILES string of the molecule is O=C(c1ccc(CNc2cc(-c3ccccc3F)nc3c(Br)cnn23)cc1)N1CCCCC1. The van der Waals surface area contributed by atoms with Crippen molar-refractivity contribution < 1.29 is 9.18 Å². The van der Waals surface area contributed by atoms with Gasteiger partial charge in [0.1, 0.15) is 11.6 Å². The van der Waals surface area contributed by atoms with E-state index in [-0.39, 0.29) is 11.7 Å². The van der Waals surface area contributed by atoms with Crippen molar-refractivity contribution in [3.63, 3.8) is 0 Å². The third-order valence-electron chi connectivity index (χ3n) is 5.90. The van der Waals surface area contributed by atoms with Crippen LogP contribution in [0.2, 0.25) is 0 Å². The van der Waals surface area contributed by atoms with Crippen LogP contribution in [0.1, 0.15) is 35.2 Å². The average Bonchev–Trinajstić information content (AvgIpc) is 3.24. The van der Waals surface area contributed by atoms with Gasteiger partial charge in [0.2, 0.25) is 0 Å². The molecule has 0 aliphatic carbocycles. The molecule has 0 spiro atoms. The van der Waals surface area contributed by atoms with E-state index in [0.717, 1.165) is 36.0 Å². The largest absolute Gasteiger partial charge is 0.366 e. The minimum atomic E-state index is -0.329. The van der Waals surface area contributed by atoms with Crippen LogP contribution in [0.5, 0.6) is 0 Å². The van der Waals surface area contributed by atoms with Crippen molar-refractivity contribution in [3.8, 4) is 11.3 Å². The Balaban J connectivity index is 1.37. The molecule has 1 amide bonds. The van der Waals surface area contributed by atoms with E-state index in [4.69, 9.17) is 0 Å². The van der Waals surface area contributed by atoms with E-state index in [2.05, 4.69) is 31.3 Å². The number of benzene rings is 2. The highest BCUT2D eigenvalue weighted by atomic mass is 79.9. The maximum Gasteiger partial charge on any atom is 0.253 e. The molecule has 0 radical (unpaired) electrons. The van der Waals surface area contributed by atoms with Crippen molar-refractivity contribution in [2.75, 3.05) is 18.4 Å². The van der Waals surface area contributed by atoms with Gasteiger partial charge in [-0.15, -0.1) is 0 Å². The fourth-order valence-corrected chi connectivity index (χ4v) is 4.45. The number of rotatable bonds is 5. The number of piperidine rings is 1. The maximum atomic E-state index is 14.4. The molecule has 0 bridgehead atoms. The second-order valence-electron chi connectivity index (χ2n) is 8.14. The Morgan fingerprint density at radius 3 is 2.58 bits per heavy atom. The van der Waals surface area contributed by atoms with Gasteiger partial charge in [0.05, 0.1) is 16.4 Å². The molecule has 168 valence electrons. The number of hydrogen-bond acceptors (Lipinski definition) is 4. The molecule has 33 heavy (non-hydrogen) atoms. The summed E-state index contributed by atoms with van der Waals surface area (Å²) in [7, 11) is 0. The number of carbonyl (C=O) groups is 1. The number of fused-ring (bicyclic) bond motifs is 1. The van der Waals surface area contributed by atoms with Crippen molar-refractivity contribution in [1.82, 2.24) is 19.5 Å². The van der Waals surface area contributed by atoms with Crippen LogP contribution in [-0.4, -0.2) is 38.5 Å². The van der Waals surface area contributed by atoms with Crippen LogP contribution in [0.15, 0.2) is 65.3 Å². The van der Waals surface area contributed by atoms with Gasteiger partial charge in [-0.1, -0.05) is 24.3 Å². The summed E-state index contributed by atoms with van der Waals surface area (Å²) in [4.78, 5) is 19.2. The van der Waals surface area contributed by atoms with Crippen molar-refractivity contribution in [2.45, 2.75) is 25.8 Å². The lowest BCUT2D eigenvalue weighted by Gasteiger charge is -2.26. The van der Waals surface area contributed by atoms with Crippen molar-refractivity contribution >= 4 is 33.3 Å². The summed E-state index contributed by atoms with van der Waals surface area (Å²) in [5.41, 5.74) is 3.28. The summed E-state index contributed by atoms with van der Waals surface area (Å²) in [6.45, 7) is 2.19. The van der Waals surface area contributed by atoms with Gasteiger partial charge in [-0.05, 0) is 65.0 Å². The average molecular weight is 508 g/mol. The van der Waals surface area contributed by atoms with Crippen LogP contribution >= 0.6 is 15.9 Å². The Labute approximate surface area is 199 Å². The number of anilines is 1. The molecule has 1 N–H and O–H groups in total. The predicted octanol–water partition coefficient (Wildman–Crippen LogP) is 5.54. The highest BCUT2D eigenvalue weighted by Gasteiger charge is 2.18. The highest BCUT2D eigenvalue weighted by molar-refractivity contribution is 9.10. The van der Waals surface area contributed by atoms with Crippen LogP contribution in [0.4, 0.5) is 10.2 Å². The summed E-state index contributed by atoms with van der Waals surface area (Å²) < 4.78 is 16.8. The molecule has 0 atom stereocenters. The summed E-state index contributed by atoms with van der Waals surface area (Å²) in [5, 5.41) is 7.76. The van der Waals surface area contributed by atoms with Crippen molar-refractivity contribution in [2.24, 2.45) is 0 Å². The fourth-order valence-electron chi connectivity index (χ4n) is 4.11. The Bertz CT molecular complexity index is 1300. The Hall–Kier alpha value is -3.26. The van der Waals surface area contributed by atoms with Crippen LogP contribution in [0.25, 0.3) is 16.9 Å². The minimum absolute atomic E-state index is 0.0981. The smallest absolute Gasteiger partial charge is 0.253 e. The first kappa shape index (κ1) is 21.6. The zero-order valence-corrected chi connectivity index (χ0v) is 19.6. The molecule has 2 aromatic carbocycles. The highest BCUT2D eigenvalue weighted by Crippen LogP contribution is 2.27. The standard InChI is InChI=1S/C25H23BrFN5O/c26-20-16-29-32-23(14-22(30-24(20)32)19-6-2-3-7-21(19)27)28-15-17-8-10-18(11-9-17)25(33)31-12-4-1-5-13-31/h2-3,6-11,14,16,28H,1,4-5,12-13,15H2. The molecule has 1 aliphatic rings. The molecule has 3 heterocycles. The molecule has 0 unspecified atom stereocenters. The summed E-state index contributed by atoms with van der Waals surface area (Å²) in [5.74, 6) is 0.461. The molecule has 1 fully saturated rings. The first-order valence-electron chi connectivity index (χ1n) is 11.0. The molecule has 5 rings (SSSR count). The van der Waals surface area contributed by atoms with E-state index in [1.807, 2.05) is 29.2 Å². The van der Waals surface area contributed by atoms with Gasteiger partial charge in [-0.3, -0.25) is 4.79 Å². The summed E-state index contributed by atoms with van der Waals surface area (Å²) in [6, 6.07) is 16.0. The van der Waals surface area contributed by atoms with Gasteiger partial charge in [-0.25, -0.2) is 9.37 Å². The van der Waals surface area contributed by atoms with Gasteiger partial charge in [0.15, 0.2) is 5.65 Å². The van der Waals surface area contributed by atoms with E-state index in [1.54, 1.807) is 35.0 Å². The summed E-state index contributed by atoms with van der Waals surface area (Å²) in [6.07, 6.45) is 5.01. The first-order valence-corrected chi connectivity index (χ1v) is 11.8. The van der Waals surface area contributed by atoms with Gasteiger partial charge in [-0.2, -0.15) is 9.61 Å². The zero-order valence-electron chi connectivity index (χ0n) is 18.0. The predicted molar refractivity (Wildman–Crippen MR) is 130 cm³/mol. The lowest BCUT2D eigenvalue weighted by Crippen LogP contribution is -2.35. The molecule has 8 heteroatoms. The maximum absolute atomic E-state index is 14.4. The van der Waals surface area contributed by atoms with Gasteiger partial charge in [0, 0.05) is 36.8 Å². The first-order chi connectivity index (χ1) is 16.1. The van der Waals surface area contributed by atoms with Crippen LogP contribution in [0.3, 0.4) is 0 Å². The van der Waals surface area contributed by atoms with Crippen molar-refractivity contribution in [1.29, 1.82) is 0 Å². The van der Waals surface area contributed by atoms with Crippen LogP contribution in [0, 0.1) is 5.82 Å². The number of hydrogen-bond donors (Lipinski definition) is 1. The topological polar surface area (TPSA) is 62.5 Å². The number of aromatic nitrogens is 3. The van der Waals surface area contributed by atoms with E-state index in [9.17, 15) is 9.18 Å². The minimum Gasteiger partial charge on any atom is -0.366 e. The molecule has 6 nitrogen and oxygen atoms in total. The van der Waals surface area contributed by atoms with Gasteiger partial charge in [0.25, 0.3) is 5.91 Å². The van der Waals surface area contributed by atoms with Crippen molar-refractivity contribution in [3.05, 3.63) is 82.2 Å². The van der Waals surface area contributed by atoms with Gasteiger partial charge < -0.3 is 10.2 Å².